The Kier molecular flexibility index (Phi) is 4.42. The minimum absolute atomic E-state index is 0.0291. The van der Waals surface area contributed by atoms with Gasteiger partial charge in [0.05, 0.1) is 0 Å². The number of hydrogen-bond acceptors (Lipinski definition) is 4. The summed E-state index contributed by atoms with van der Waals surface area (Å²) in [6.45, 7) is 3.40. The molecule has 0 aliphatic carbocycles. The van der Waals surface area contributed by atoms with E-state index in [0.717, 1.165) is 24.1 Å². The Morgan fingerprint density at radius 3 is 2.86 bits per heavy atom. The molecule has 29 heavy (non-hydrogen) atoms. The van der Waals surface area contributed by atoms with Crippen molar-refractivity contribution in [2.24, 2.45) is 0 Å². The first kappa shape index (κ1) is 18.0. The highest BCUT2D eigenvalue weighted by Gasteiger charge is 2.39. The molecule has 6 heteroatoms. The van der Waals surface area contributed by atoms with E-state index in [-0.39, 0.29) is 18.6 Å². The molecule has 0 radical (unpaired) electrons. The molecule has 1 atom stereocenters. The third-order valence-electron chi connectivity index (χ3n) is 6.02. The van der Waals surface area contributed by atoms with Crippen molar-refractivity contribution in [1.82, 2.24) is 4.90 Å². The molecule has 0 N–H and O–H groups in total. The average Bonchev–Trinajstić information content (AvgIpc) is 3.33. The summed E-state index contributed by atoms with van der Waals surface area (Å²) in [5.74, 6) is 1.47. The molecule has 2 amide bonds. The van der Waals surface area contributed by atoms with Gasteiger partial charge in [-0.2, -0.15) is 0 Å². The van der Waals surface area contributed by atoms with E-state index in [2.05, 4.69) is 19.1 Å². The highest BCUT2D eigenvalue weighted by atomic mass is 16.7. The average molecular weight is 392 g/mol. The fourth-order valence-electron chi connectivity index (χ4n) is 4.56. The SMILES string of the molecule is Cc1ccc2c(c1)CCCN2C(=O)C1CCC(=O)N1Cc1ccc2c(c1)OCO2. The van der Waals surface area contributed by atoms with E-state index in [0.29, 0.717) is 37.4 Å². The van der Waals surface area contributed by atoms with Crippen LogP contribution in [0.25, 0.3) is 0 Å². The lowest BCUT2D eigenvalue weighted by Crippen LogP contribution is -2.48. The van der Waals surface area contributed by atoms with Crippen molar-refractivity contribution in [3.05, 3.63) is 53.1 Å². The molecular formula is C23H24N2O4. The van der Waals surface area contributed by atoms with Gasteiger partial charge in [-0.3, -0.25) is 9.59 Å². The maximum Gasteiger partial charge on any atom is 0.249 e. The van der Waals surface area contributed by atoms with Crippen LogP contribution >= 0.6 is 0 Å². The Hall–Kier alpha value is -3.02. The number of benzene rings is 2. The molecule has 1 unspecified atom stereocenters. The zero-order chi connectivity index (χ0) is 20.0. The number of rotatable bonds is 3. The minimum Gasteiger partial charge on any atom is -0.454 e. The van der Waals surface area contributed by atoms with Crippen LogP contribution in [0.2, 0.25) is 0 Å². The molecule has 0 aromatic heterocycles. The van der Waals surface area contributed by atoms with Crippen LogP contribution in [0, 0.1) is 6.92 Å². The predicted molar refractivity (Wildman–Crippen MR) is 108 cm³/mol. The van der Waals surface area contributed by atoms with Crippen LogP contribution in [0.4, 0.5) is 5.69 Å². The molecule has 6 nitrogen and oxygen atoms in total. The van der Waals surface area contributed by atoms with Crippen molar-refractivity contribution < 1.29 is 19.1 Å². The van der Waals surface area contributed by atoms with Gasteiger partial charge in [0.15, 0.2) is 11.5 Å². The van der Waals surface area contributed by atoms with Crippen LogP contribution in [0.15, 0.2) is 36.4 Å². The number of nitrogens with zero attached hydrogens (tertiary/aromatic N) is 2. The molecule has 1 fully saturated rings. The normalized spacial score (nSPS) is 20.2. The Labute approximate surface area is 170 Å². The molecule has 3 aliphatic heterocycles. The third-order valence-corrected chi connectivity index (χ3v) is 6.02. The summed E-state index contributed by atoms with van der Waals surface area (Å²) in [6.07, 6.45) is 2.92. The van der Waals surface area contributed by atoms with Crippen LogP contribution in [0.1, 0.15) is 36.0 Å². The maximum atomic E-state index is 13.5. The van der Waals surface area contributed by atoms with Crippen LogP contribution in [0.3, 0.4) is 0 Å². The second-order valence-electron chi connectivity index (χ2n) is 7.99. The molecule has 150 valence electrons. The lowest BCUT2D eigenvalue weighted by Gasteiger charge is -2.34. The molecule has 3 heterocycles. The fraction of sp³-hybridized carbons (Fsp3) is 0.391. The van der Waals surface area contributed by atoms with E-state index in [1.165, 1.54) is 11.1 Å². The summed E-state index contributed by atoms with van der Waals surface area (Å²) in [5.41, 5.74) is 4.36. The number of aryl methyl sites for hydroxylation is 2. The molecule has 5 rings (SSSR count). The van der Waals surface area contributed by atoms with Crippen molar-refractivity contribution in [1.29, 1.82) is 0 Å². The van der Waals surface area contributed by atoms with E-state index in [1.54, 1.807) is 4.90 Å². The lowest BCUT2D eigenvalue weighted by atomic mass is 9.98. The number of hydrogen-bond donors (Lipinski definition) is 0. The van der Waals surface area contributed by atoms with Gasteiger partial charge in [-0.15, -0.1) is 0 Å². The van der Waals surface area contributed by atoms with Gasteiger partial charge in [0.2, 0.25) is 18.6 Å². The molecule has 2 aromatic rings. The van der Waals surface area contributed by atoms with Gasteiger partial charge in [0, 0.05) is 25.2 Å². The molecule has 1 saturated heterocycles. The second-order valence-corrected chi connectivity index (χ2v) is 7.99. The summed E-state index contributed by atoms with van der Waals surface area (Å²) in [6, 6.07) is 11.5. The van der Waals surface area contributed by atoms with Crippen molar-refractivity contribution >= 4 is 17.5 Å². The number of anilines is 1. The van der Waals surface area contributed by atoms with Crippen LogP contribution in [-0.4, -0.2) is 36.1 Å². The number of carbonyl (C=O) groups is 2. The van der Waals surface area contributed by atoms with E-state index < -0.39 is 6.04 Å². The second kappa shape index (κ2) is 7.10. The smallest absolute Gasteiger partial charge is 0.249 e. The predicted octanol–water partition coefficient (Wildman–Crippen LogP) is 3.19. The van der Waals surface area contributed by atoms with Gasteiger partial charge >= 0.3 is 0 Å². The lowest BCUT2D eigenvalue weighted by molar-refractivity contribution is -0.134. The van der Waals surface area contributed by atoms with Gasteiger partial charge < -0.3 is 19.3 Å². The molecule has 2 aromatic carbocycles. The number of fused-ring (bicyclic) bond motifs is 2. The van der Waals surface area contributed by atoms with Crippen LogP contribution < -0.4 is 14.4 Å². The van der Waals surface area contributed by atoms with Crippen molar-refractivity contribution in [2.45, 2.75) is 45.2 Å². The zero-order valence-electron chi connectivity index (χ0n) is 16.5. The Morgan fingerprint density at radius 1 is 1.10 bits per heavy atom. The number of likely N-dealkylation sites (tertiary alicyclic amines) is 1. The fourth-order valence-corrected chi connectivity index (χ4v) is 4.56. The zero-order valence-corrected chi connectivity index (χ0v) is 16.5. The van der Waals surface area contributed by atoms with Crippen molar-refractivity contribution in [2.75, 3.05) is 18.2 Å². The van der Waals surface area contributed by atoms with Gasteiger partial charge in [-0.25, -0.2) is 0 Å². The first-order valence-electron chi connectivity index (χ1n) is 10.2. The van der Waals surface area contributed by atoms with Crippen LogP contribution in [0.5, 0.6) is 11.5 Å². The third kappa shape index (κ3) is 3.22. The van der Waals surface area contributed by atoms with Gasteiger partial charge in [0.1, 0.15) is 6.04 Å². The monoisotopic (exact) mass is 392 g/mol. The highest BCUT2D eigenvalue weighted by molar-refractivity contribution is 6.01. The first-order valence-corrected chi connectivity index (χ1v) is 10.2. The van der Waals surface area contributed by atoms with E-state index in [4.69, 9.17) is 9.47 Å². The summed E-state index contributed by atoms with van der Waals surface area (Å²) in [5, 5.41) is 0. The van der Waals surface area contributed by atoms with Crippen molar-refractivity contribution in [3.8, 4) is 11.5 Å². The number of amides is 2. The standard InChI is InChI=1S/C23H24N2O4/c1-15-4-6-18-17(11-15)3-2-10-24(18)23(27)19-7-9-22(26)25(19)13-16-5-8-20-21(12-16)29-14-28-20/h4-6,8,11-12,19H,2-3,7,9-10,13-14H2,1H3. The van der Waals surface area contributed by atoms with Crippen LogP contribution in [-0.2, 0) is 22.6 Å². The molecular weight excluding hydrogens is 368 g/mol. The Bertz CT molecular complexity index is 987. The van der Waals surface area contributed by atoms with E-state index >= 15 is 0 Å². The van der Waals surface area contributed by atoms with E-state index in [9.17, 15) is 9.59 Å². The molecule has 0 saturated carbocycles. The van der Waals surface area contributed by atoms with Gasteiger partial charge in [-0.05, 0) is 55.5 Å². The van der Waals surface area contributed by atoms with E-state index in [1.807, 2.05) is 29.2 Å². The first-order chi connectivity index (χ1) is 14.1. The molecule has 0 spiro atoms. The maximum absolute atomic E-state index is 13.5. The largest absolute Gasteiger partial charge is 0.454 e. The Morgan fingerprint density at radius 2 is 1.97 bits per heavy atom. The number of carbonyl (C=O) groups excluding carboxylic acids is 2. The summed E-state index contributed by atoms with van der Waals surface area (Å²) >= 11 is 0. The van der Waals surface area contributed by atoms with Gasteiger partial charge in [0.25, 0.3) is 0 Å². The topological polar surface area (TPSA) is 59.1 Å². The highest BCUT2D eigenvalue weighted by Crippen LogP contribution is 2.35. The summed E-state index contributed by atoms with van der Waals surface area (Å²) in [7, 11) is 0. The minimum atomic E-state index is -0.417. The van der Waals surface area contributed by atoms with Gasteiger partial charge in [-0.1, -0.05) is 23.8 Å². The molecule has 3 aliphatic rings. The molecule has 0 bridgehead atoms. The summed E-state index contributed by atoms with van der Waals surface area (Å²) < 4.78 is 10.8. The summed E-state index contributed by atoms with van der Waals surface area (Å²) in [4.78, 5) is 29.7. The quantitative estimate of drug-likeness (QED) is 0.805. The number of ether oxygens (including phenoxy) is 2. The Balaban J connectivity index is 1.39. The van der Waals surface area contributed by atoms with Crippen molar-refractivity contribution in [3.63, 3.8) is 0 Å².